The molecule has 0 aliphatic rings. The van der Waals surface area contributed by atoms with Crippen molar-refractivity contribution in [3.63, 3.8) is 0 Å². The zero-order valence-electron chi connectivity index (χ0n) is 33.9. The van der Waals surface area contributed by atoms with Crippen LogP contribution in [0.25, 0.3) is 0 Å². The number of nitrogens with zero attached hydrogens (tertiary/aromatic N) is 1. The van der Waals surface area contributed by atoms with Gasteiger partial charge in [-0.05, 0) is 0 Å². The summed E-state index contributed by atoms with van der Waals surface area (Å²) in [5.41, 5.74) is 0. The Morgan fingerprint density at radius 3 is 0.812 bits per heavy atom. The first-order valence-electron chi connectivity index (χ1n) is 18.6. The Balaban J connectivity index is 4.38. The molecule has 14 nitrogen and oxygen atoms in total. The fourth-order valence-electron chi connectivity index (χ4n) is 4.23. The lowest BCUT2D eigenvalue weighted by Crippen LogP contribution is -2.75. The van der Waals surface area contributed by atoms with Crippen LogP contribution in [-0.4, -0.2) is 217 Å². The standard InChI is InChI=1S/C32H50F17NO13S/c1-2-50(64(52,53)32(48,49)30(43,44)28(39,40)26(35,36)25(33,34)27(37,38)29(41,42)31(45,46)47)3-5-54-7-9-56-11-13-58-15-17-60-19-21-62-23-24-63-22-20-61-18-16-59-14-12-57-10-8-55-6-4-51/h51H,2-24H2,1H3. The summed E-state index contributed by atoms with van der Waals surface area (Å²) in [5.74, 6) is -52.0. The number of rotatable bonds is 41. The lowest BCUT2D eigenvalue weighted by molar-refractivity contribution is -0.458. The number of halogens is 17. The van der Waals surface area contributed by atoms with E-state index in [0.717, 1.165) is 0 Å². The summed E-state index contributed by atoms with van der Waals surface area (Å²) >= 11 is 0. The number of aliphatic hydroxyl groups excluding tert-OH is 1. The van der Waals surface area contributed by atoms with Crippen molar-refractivity contribution in [3.8, 4) is 0 Å². The summed E-state index contributed by atoms with van der Waals surface area (Å²) in [6, 6.07) is 0. The minimum absolute atomic E-state index is 0.00443. The maximum atomic E-state index is 14.5. The van der Waals surface area contributed by atoms with Gasteiger partial charge in [-0.1, -0.05) is 6.92 Å². The van der Waals surface area contributed by atoms with Gasteiger partial charge in [-0.25, -0.2) is 8.42 Å². The highest BCUT2D eigenvalue weighted by atomic mass is 32.2. The van der Waals surface area contributed by atoms with E-state index in [-0.39, 0.29) is 59.5 Å². The molecule has 0 saturated carbocycles. The van der Waals surface area contributed by atoms with Gasteiger partial charge in [-0.15, -0.1) is 0 Å². The monoisotopic (exact) mass is 1010 g/mol. The minimum atomic E-state index is -8.90. The van der Waals surface area contributed by atoms with E-state index in [1.54, 1.807) is 0 Å². The van der Waals surface area contributed by atoms with Gasteiger partial charge in [-0.3, -0.25) is 0 Å². The smallest absolute Gasteiger partial charge is 0.394 e. The molecule has 64 heavy (non-hydrogen) atoms. The average Bonchev–Trinajstić information content (AvgIpc) is 3.20. The number of hydrogen-bond donors (Lipinski definition) is 1. The van der Waals surface area contributed by atoms with Gasteiger partial charge < -0.3 is 52.5 Å². The minimum Gasteiger partial charge on any atom is -0.394 e. The lowest BCUT2D eigenvalue weighted by atomic mass is 9.91. The van der Waals surface area contributed by atoms with Crippen LogP contribution in [0.1, 0.15) is 6.92 Å². The summed E-state index contributed by atoms with van der Waals surface area (Å²) in [4.78, 5) is 0. The molecule has 0 unspecified atom stereocenters. The lowest BCUT2D eigenvalue weighted by Gasteiger charge is -2.43. The molecule has 0 aliphatic carbocycles. The Morgan fingerprint density at radius 2 is 0.578 bits per heavy atom. The molecular formula is C32H50F17NO13S. The van der Waals surface area contributed by atoms with E-state index < -0.39 is 87.6 Å². The van der Waals surface area contributed by atoms with Gasteiger partial charge in [0.25, 0.3) is 10.0 Å². The number of likely N-dealkylation sites (N-methyl/N-ethyl adjacent to an activating group) is 1. The number of ether oxygens (including phenoxy) is 10. The second-order valence-corrected chi connectivity index (χ2v) is 14.3. The Bertz CT molecular complexity index is 1360. The SMILES string of the molecule is CCN(CCOCCOCCOCCOCCOCCOCCOCCOCCOCCOCCO)S(=O)(=O)C(F)(F)C(F)(F)C(F)(F)C(F)(F)C(F)(F)C(F)(F)C(F)(F)C(F)(F)F. The summed E-state index contributed by atoms with van der Waals surface area (Å²) < 4.78 is 306. The van der Waals surface area contributed by atoms with Gasteiger partial charge in [-0.2, -0.15) is 78.9 Å². The van der Waals surface area contributed by atoms with Crippen molar-refractivity contribution in [2.75, 3.05) is 152 Å². The first-order valence-corrected chi connectivity index (χ1v) is 20.1. The first-order chi connectivity index (χ1) is 29.5. The van der Waals surface area contributed by atoms with Crippen LogP contribution in [0.15, 0.2) is 0 Å². The number of alkyl halides is 17. The molecule has 0 radical (unpaired) electrons. The van der Waals surface area contributed by atoms with E-state index in [1.807, 2.05) is 0 Å². The second-order valence-electron chi connectivity index (χ2n) is 12.3. The van der Waals surface area contributed by atoms with Crippen molar-refractivity contribution in [2.45, 2.75) is 53.9 Å². The maximum absolute atomic E-state index is 14.5. The molecule has 386 valence electrons. The van der Waals surface area contributed by atoms with E-state index in [9.17, 15) is 83.1 Å². The fourth-order valence-corrected chi connectivity index (χ4v) is 5.67. The maximum Gasteiger partial charge on any atom is 0.460 e. The normalized spacial score (nSPS) is 14.3. The molecule has 0 fully saturated rings. The third-order valence-electron chi connectivity index (χ3n) is 7.78. The molecule has 1 N–H and O–H groups in total. The molecule has 0 saturated heterocycles. The second kappa shape index (κ2) is 28.6. The number of hydrogen-bond acceptors (Lipinski definition) is 13. The zero-order chi connectivity index (χ0) is 49.4. The van der Waals surface area contributed by atoms with Gasteiger partial charge >= 0.3 is 47.0 Å². The van der Waals surface area contributed by atoms with Crippen LogP contribution < -0.4 is 0 Å². The van der Waals surface area contributed by atoms with Crippen molar-refractivity contribution in [3.05, 3.63) is 0 Å². The fraction of sp³-hybridized carbons (Fsp3) is 1.00. The van der Waals surface area contributed by atoms with Gasteiger partial charge in [0, 0.05) is 13.1 Å². The zero-order valence-corrected chi connectivity index (χ0v) is 34.7. The van der Waals surface area contributed by atoms with Gasteiger partial charge in [0.15, 0.2) is 0 Å². The van der Waals surface area contributed by atoms with Crippen molar-refractivity contribution >= 4 is 10.0 Å². The van der Waals surface area contributed by atoms with E-state index in [1.165, 1.54) is 0 Å². The molecule has 0 aromatic heterocycles. The average molecular weight is 1010 g/mol. The highest BCUT2D eigenvalue weighted by Crippen LogP contribution is 2.64. The Kier molecular flexibility index (Phi) is 27.8. The predicted molar refractivity (Wildman–Crippen MR) is 182 cm³/mol. The Labute approximate surface area is 355 Å². The molecule has 0 amide bonds. The molecule has 0 spiro atoms. The molecule has 0 aliphatic heterocycles. The molecule has 0 heterocycles. The highest BCUT2D eigenvalue weighted by Gasteiger charge is 2.96. The topological polar surface area (TPSA) is 150 Å². The van der Waals surface area contributed by atoms with Crippen LogP contribution in [-0.2, 0) is 57.4 Å². The summed E-state index contributed by atoms with van der Waals surface area (Å²) in [6.45, 7) is 0.392. The largest absolute Gasteiger partial charge is 0.460 e. The van der Waals surface area contributed by atoms with E-state index in [2.05, 4.69) is 0 Å². The quantitative estimate of drug-likeness (QED) is 0.0664. The highest BCUT2D eigenvalue weighted by molar-refractivity contribution is 7.90. The molecule has 0 aromatic rings. The Hall–Kier alpha value is -1.72. The third-order valence-corrected chi connectivity index (χ3v) is 9.80. The van der Waals surface area contributed by atoms with Crippen LogP contribution in [0.5, 0.6) is 0 Å². The van der Waals surface area contributed by atoms with Gasteiger partial charge in [0.1, 0.15) is 0 Å². The van der Waals surface area contributed by atoms with Crippen LogP contribution in [0.3, 0.4) is 0 Å². The first kappa shape index (κ1) is 62.3. The molecule has 0 rings (SSSR count). The van der Waals surface area contributed by atoms with Crippen molar-refractivity contribution in [1.82, 2.24) is 4.31 Å². The van der Waals surface area contributed by atoms with Crippen LogP contribution in [0.2, 0.25) is 0 Å². The van der Waals surface area contributed by atoms with Crippen molar-refractivity contribution in [2.24, 2.45) is 0 Å². The molecule has 0 bridgehead atoms. The van der Waals surface area contributed by atoms with Crippen LogP contribution in [0.4, 0.5) is 74.6 Å². The third kappa shape index (κ3) is 17.1. The molecule has 0 atom stereocenters. The van der Waals surface area contributed by atoms with E-state index in [0.29, 0.717) is 73.0 Å². The summed E-state index contributed by atoms with van der Waals surface area (Å²) in [5, 5.41) is 0.926. The van der Waals surface area contributed by atoms with E-state index >= 15 is 0 Å². The molecular weight excluding hydrogens is 961 g/mol. The number of aliphatic hydroxyl groups is 1. The van der Waals surface area contributed by atoms with Crippen LogP contribution in [0, 0.1) is 0 Å². The van der Waals surface area contributed by atoms with Crippen molar-refractivity contribution in [1.29, 1.82) is 0 Å². The van der Waals surface area contributed by atoms with Gasteiger partial charge in [0.2, 0.25) is 0 Å². The number of sulfonamides is 1. The summed E-state index contributed by atoms with van der Waals surface area (Å²) in [7, 11) is -7.40. The molecule has 0 aromatic carbocycles. The molecule has 32 heteroatoms. The van der Waals surface area contributed by atoms with Crippen LogP contribution >= 0.6 is 0 Å². The van der Waals surface area contributed by atoms with Crippen molar-refractivity contribution < 1.29 is 136 Å². The van der Waals surface area contributed by atoms with E-state index in [4.69, 9.17) is 52.5 Å². The summed E-state index contributed by atoms with van der Waals surface area (Å²) in [6.07, 6.45) is -7.91. The predicted octanol–water partition coefficient (Wildman–Crippen LogP) is 4.76. The van der Waals surface area contributed by atoms with Gasteiger partial charge in [0.05, 0.1) is 139 Å². The Morgan fingerprint density at radius 1 is 0.359 bits per heavy atom.